The number of rotatable bonds is 5. The minimum absolute atomic E-state index is 0.0904. The molecule has 0 N–H and O–H groups in total. The van der Waals surface area contributed by atoms with Crippen molar-refractivity contribution in [2.75, 3.05) is 6.54 Å². The number of nitrogens with zero attached hydrogens (tertiary/aromatic N) is 2. The number of carbonyl (C=O) groups excluding carboxylic acids is 2. The van der Waals surface area contributed by atoms with E-state index < -0.39 is 35.2 Å². The summed E-state index contributed by atoms with van der Waals surface area (Å²) in [6, 6.07) is 19.4. The van der Waals surface area contributed by atoms with Crippen molar-refractivity contribution in [1.29, 1.82) is 0 Å². The lowest BCUT2D eigenvalue weighted by atomic mass is 10.1. The third-order valence-corrected chi connectivity index (χ3v) is 5.36. The van der Waals surface area contributed by atoms with E-state index in [1.165, 1.54) is 6.07 Å². The van der Waals surface area contributed by atoms with E-state index in [2.05, 4.69) is 15.9 Å². The largest absolute Gasteiger partial charge is 0.302 e. The monoisotopic (exact) mass is 486 g/mol. The van der Waals surface area contributed by atoms with Crippen LogP contribution in [0.2, 0.25) is 0 Å². The second-order valence-electron chi connectivity index (χ2n) is 6.94. The van der Waals surface area contributed by atoms with Crippen LogP contribution >= 0.6 is 15.9 Å². The first-order valence-corrected chi connectivity index (χ1v) is 10.2. The third kappa shape index (κ3) is 4.35. The second kappa shape index (κ2) is 8.95. The van der Waals surface area contributed by atoms with E-state index in [4.69, 9.17) is 4.84 Å². The van der Waals surface area contributed by atoms with Crippen molar-refractivity contribution in [2.24, 2.45) is 0 Å². The summed E-state index contributed by atoms with van der Waals surface area (Å²) >= 11 is 3.38. The van der Waals surface area contributed by atoms with Crippen LogP contribution in [0, 0.1) is 11.6 Å². The molecule has 1 heterocycles. The molecule has 1 saturated heterocycles. The van der Waals surface area contributed by atoms with E-state index in [1.807, 2.05) is 30.3 Å². The SMILES string of the molecule is O=C(c1c(F)cccc1F)N1CC(=O)N(OCc2ccccc2)C1c1cccc(Br)c1. The van der Waals surface area contributed by atoms with Crippen LogP contribution in [0.25, 0.3) is 0 Å². The number of hydroxylamine groups is 2. The maximum absolute atomic E-state index is 14.3. The zero-order chi connectivity index (χ0) is 22.0. The molecule has 0 aliphatic carbocycles. The first-order valence-electron chi connectivity index (χ1n) is 9.45. The molecule has 3 aromatic rings. The summed E-state index contributed by atoms with van der Waals surface area (Å²) in [6.07, 6.45) is -0.986. The molecule has 0 bridgehead atoms. The fraction of sp³-hybridized carbons (Fsp3) is 0.130. The van der Waals surface area contributed by atoms with Crippen molar-refractivity contribution in [3.63, 3.8) is 0 Å². The van der Waals surface area contributed by atoms with Crippen LogP contribution in [-0.4, -0.2) is 28.3 Å². The number of hydrogen-bond acceptors (Lipinski definition) is 3. The molecule has 1 fully saturated rings. The molecule has 158 valence electrons. The van der Waals surface area contributed by atoms with Crippen LogP contribution in [-0.2, 0) is 16.2 Å². The maximum atomic E-state index is 14.3. The van der Waals surface area contributed by atoms with Crippen LogP contribution in [0.3, 0.4) is 0 Å². The van der Waals surface area contributed by atoms with Crippen molar-refractivity contribution in [2.45, 2.75) is 12.8 Å². The average molecular weight is 487 g/mol. The van der Waals surface area contributed by atoms with Gasteiger partial charge in [-0.05, 0) is 35.4 Å². The van der Waals surface area contributed by atoms with Gasteiger partial charge in [0.1, 0.15) is 30.3 Å². The van der Waals surface area contributed by atoms with E-state index in [0.717, 1.165) is 32.1 Å². The van der Waals surface area contributed by atoms with Crippen molar-refractivity contribution in [3.05, 3.63) is 106 Å². The quantitative estimate of drug-likeness (QED) is 0.518. The molecule has 1 unspecified atom stereocenters. The number of hydrogen-bond donors (Lipinski definition) is 0. The normalized spacial score (nSPS) is 16.1. The van der Waals surface area contributed by atoms with E-state index in [9.17, 15) is 18.4 Å². The van der Waals surface area contributed by atoms with Crippen LogP contribution < -0.4 is 0 Å². The van der Waals surface area contributed by atoms with E-state index in [1.54, 1.807) is 24.3 Å². The fourth-order valence-corrected chi connectivity index (χ4v) is 3.85. The molecule has 0 spiro atoms. The first-order chi connectivity index (χ1) is 15.0. The Morgan fingerprint density at radius 3 is 2.35 bits per heavy atom. The lowest BCUT2D eigenvalue weighted by Crippen LogP contribution is -2.36. The topological polar surface area (TPSA) is 49.9 Å². The zero-order valence-electron chi connectivity index (χ0n) is 16.2. The maximum Gasteiger partial charge on any atom is 0.268 e. The van der Waals surface area contributed by atoms with Gasteiger partial charge in [-0.25, -0.2) is 8.78 Å². The molecule has 1 aliphatic heterocycles. The molecule has 1 aliphatic rings. The third-order valence-electron chi connectivity index (χ3n) is 4.87. The van der Waals surface area contributed by atoms with Gasteiger partial charge in [0.25, 0.3) is 11.8 Å². The number of amides is 2. The predicted molar refractivity (Wildman–Crippen MR) is 112 cm³/mol. The van der Waals surface area contributed by atoms with Crippen LogP contribution in [0.4, 0.5) is 8.78 Å². The highest BCUT2D eigenvalue weighted by atomic mass is 79.9. The first kappa shape index (κ1) is 21.1. The molecule has 4 rings (SSSR count). The molecule has 2 amide bonds. The van der Waals surface area contributed by atoms with Crippen molar-refractivity contribution >= 4 is 27.7 Å². The molecule has 0 aromatic heterocycles. The van der Waals surface area contributed by atoms with Gasteiger partial charge >= 0.3 is 0 Å². The summed E-state index contributed by atoms with van der Waals surface area (Å²) < 4.78 is 29.3. The molecule has 3 aromatic carbocycles. The summed E-state index contributed by atoms with van der Waals surface area (Å²) in [5, 5.41) is 1.09. The highest BCUT2D eigenvalue weighted by Crippen LogP contribution is 2.34. The lowest BCUT2D eigenvalue weighted by molar-refractivity contribution is -0.201. The average Bonchev–Trinajstić information content (AvgIpc) is 3.09. The standard InChI is InChI=1S/C23H17BrF2N2O3/c24-17-9-4-8-16(12-17)22-27(23(30)21-18(25)10-5-11-19(21)26)13-20(29)28(22)31-14-15-6-2-1-3-7-15/h1-12,22H,13-14H2. The van der Waals surface area contributed by atoms with E-state index in [0.29, 0.717) is 5.56 Å². The van der Waals surface area contributed by atoms with Gasteiger partial charge in [0.2, 0.25) is 0 Å². The minimum Gasteiger partial charge on any atom is -0.302 e. The Labute approximate surface area is 185 Å². The fourth-order valence-electron chi connectivity index (χ4n) is 3.44. The molecular formula is C23H17BrF2N2O3. The summed E-state index contributed by atoms with van der Waals surface area (Å²) in [5.74, 6) is -3.41. The zero-order valence-corrected chi connectivity index (χ0v) is 17.8. The number of carbonyl (C=O) groups is 2. The summed E-state index contributed by atoms with van der Waals surface area (Å²) in [7, 11) is 0. The number of benzene rings is 3. The van der Waals surface area contributed by atoms with E-state index in [-0.39, 0.29) is 13.2 Å². The summed E-state index contributed by atoms with van der Waals surface area (Å²) in [6.45, 7) is -0.286. The molecule has 8 heteroatoms. The van der Waals surface area contributed by atoms with Crippen LogP contribution in [0.1, 0.15) is 27.7 Å². The van der Waals surface area contributed by atoms with Gasteiger partial charge in [0, 0.05) is 4.47 Å². The van der Waals surface area contributed by atoms with Gasteiger partial charge in [-0.1, -0.05) is 64.5 Å². The Hall–Kier alpha value is -3.10. The summed E-state index contributed by atoms with van der Waals surface area (Å²) in [5.41, 5.74) is 0.673. The Bertz CT molecular complexity index is 1110. The Morgan fingerprint density at radius 2 is 1.68 bits per heavy atom. The summed E-state index contributed by atoms with van der Waals surface area (Å²) in [4.78, 5) is 32.8. The Kier molecular flexibility index (Phi) is 6.11. The van der Waals surface area contributed by atoms with Gasteiger partial charge < -0.3 is 4.90 Å². The lowest BCUT2D eigenvalue weighted by Gasteiger charge is -2.29. The van der Waals surface area contributed by atoms with Gasteiger partial charge in [0.15, 0.2) is 6.17 Å². The molecule has 0 radical (unpaired) electrons. The molecule has 1 atom stereocenters. The minimum atomic E-state index is -0.992. The van der Waals surface area contributed by atoms with Crippen molar-refractivity contribution < 1.29 is 23.2 Å². The highest BCUT2D eigenvalue weighted by Gasteiger charge is 2.44. The van der Waals surface area contributed by atoms with Gasteiger partial charge in [-0.15, -0.1) is 0 Å². The van der Waals surface area contributed by atoms with Crippen LogP contribution in [0.5, 0.6) is 0 Å². The van der Waals surface area contributed by atoms with Gasteiger partial charge in [-0.3, -0.25) is 14.4 Å². The smallest absolute Gasteiger partial charge is 0.268 e. The molecule has 5 nitrogen and oxygen atoms in total. The molecule has 0 saturated carbocycles. The van der Waals surface area contributed by atoms with Crippen molar-refractivity contribution in [1.82, 2.24) is 9.96 Å². The molecular weight excluding hydrogens is 470 g/mol. The predicted octanol–water partition coefficient (Wildman–Crippen LogP) is 4.84. The van der Waals surface area contributed by atoms with Crippen LogP contribution in [0.15, 0.2) is 77.3 Å². The van der Waals surface area contributed by atoms with Gasteiger partial charge in [-0.2, -0.15) is 5.06 Å². The Morgan fingerprint density at radius 1 is 1.00 bits per heavy atom. The molecule has 31 heavy (non-hydrogen) atoms. The highest BCUT2D eigenvalue weighted by molar-refractivity contribution is 9.10. The van der Waals surface area contributed by atoms with Crippen molar-refractivity contribution in [3.8, 4) is 0 Å². The number of halogens is 3. The Balaban J connectivity index is 1.70. The van der Waals surface area contributed by atoms with Gasteiger partial charge in [0.05, 0.1) is 0 Å². The van der Waals surface area contributed by atoms with E-state index >= 15 is 0 Å². The second-order valence-corrected chi connectivity index (χ2v) is 7.85.